The number of nitrogens with one attached hydrogen (secondary N) is 1. The second-order valence-electron chi connectivity index (χ2n) is 4.86. The molecule has 0 aromatic heterocycles. The molecule has 2 N–H and O–H groups in total. The molecule has 0 amide bonds. The number of aliphatic hydroxyl groups is 1. The maximum atomic E-state index is 9.81. The van der Waals surface area contributed by atoms with Gasteiger partial charge in [-0.25, -0.2) is 0 Å². The van der Waals surface area contributed by atoms with Crippen LogP contribution in [0.1, 0.15) is 24.8 Å². The van der Waals surface area contributed by atoms with Crippen molar-refractivity contribution in [2.24, 2.45) is 0 Å². The summed E-state index contributed by atoms with van der Waals surface area (Å²) in [7, 11) is 1.71. The molecule has 1 aromatic rings. The van der Waals surface area contributed by atoms with Crippen molar-refractivity contribution in [1.82, 2.24) is 5.32 Å². The third kappa shape index (κ3) is 8.30. The number of nitriles is 1. The van der Waals surface area contributed by atoms with Crippen LogP contribution in [0.4, 0.5) is 0 Å². The van der Waals surface area contributed by atoms with E-state index in [0.717, 1.165) is 32.4 Å². The highest BCUT2D eigenvalue weighted by molar-refractivity contribution is 5.36. The molecule has 0 saturated heterocycles. The van der Waals surface area contributed by atoms with Gasteiger partial charge in [-0.05, 0) is 44.0 Å². The standard InChI is InChI=1S/C16H24N2O3/c1-20-9-4-2-3-8-18-12-15(19)13-21-16-7-5-6-14(10-16)11-17/h5-7,10,15,18-19H,2-4,8-9,12-13H2,1H3. The summed E-state index contributed by atoms with van der Waals surface area (Å²) in [5, 5.41) is 21.8. The van der Waals surface area contributed by atoms with Gasteiger partial charge in [0.05, 0.1) is 11.6 Å². The minimum absolute atomic E-state index is 0.214. The molecule has 1 atom stereocenters. The fourth-order valence-electron chi connectivity index (χ4n) is 1.85. The molecule has 116 valence electrons. The highest BCUT2D eigenvalue weighted by atomic mass is 16.5. The van der Waals surface area contributed by atoms with Crippen LogP contribution in [0.15, 0.2) is 24.3 Å². The van der Waals surface area contributed by atoms with Gasteiger partial charge in [0, 0.05) is 20.3 Å². The van der Waals surface area contributed by atoms with Crippen molar-refractivity contribution in [1.29, 1.82) is 5.26 Å². The van der Waals surface area contributed by atoms with Crippen LogP contribution >= 0.6 is 0 Å². The number of aliphatic hydroxyl groups excluding tert-OH is 1. The summed E-state index contributed by atoms with van der Waals surface area (Å²) in [5.41, 5.74) is 0.552. The topological polar surface area (TPSA) is 74.5 Å². The number of unbranched alkanes of at least 4 members (excludes halogenated alkanes) is 2. The number of ether oxygens (including phenoxy) is 2. The first kappa shape index (κ1) is 17.4. The molecule has 0 fully saturated rings. The number of hydrogen-bond acceptors (Lipinski definition) is 5. The molecule has 1 rings (SSSR count). The van der Waals surface area contributed by atoms with Crippen molar-refractivity contribution in [2.45, 2.75) is 25.4 Å². The fourth-order valence-corrected chi connectivity index (χ4v) is 1.85. The van der Waals surface area contributed by atoms with Gasteiger partial charge in [0.15, 0.2) is 0 Å². The Kier molecular flexibility index (Phi) is 9.21. The van der Waals surface area contributed by atoms with Crippen LogP contribution in [0.25, 0.3) is 0 Å². The van der Waals surface area contributed by atoms with E-state index in [-0.39, 0.29) is 6.61 Å². The maximum absolute atomic E-state index is 9.81. The van der Waals surface area contributed by atoms with Gasteiger partial charge in [0.2, 0.25) is 0 Å². The minimum atomic E-state index is -0.560. The summed E-state index contributed by atoms with van der Waals surface area (Å²) in [6, 6.07) is 8.97. The largest absolute Gasteiger partial charge is 0.491 e. The Labute approximate surface area is 126 Å². The zero-order chi connectivity index (χ0) is 15.3. The number of rotatable bonds is 11. The van der Waals surface area contributed by atoms with Gasteiger partial charge in [-0.15, -0.1) is 0 Å². The normalized spacial score (nSPS) is 11.9. The van der Waals surface area contributed by atoms with E-state index in [1.165, 1.54) is 0 Å². The van der Waals surface area contributed by atoms with E-state index in [1.54, 1.807) is 31.4 Å². The van der Waals surface area contributed by atoms with Crippen LogP contribution in [0.3, 0.4) is 0 Å². The van der Waals surface area contributed by atoms with Gasteiger partial charge >= 0.3 is 0 Å². The van der Waals surface area contributed by atoms with Crippen molar-refractivity contribution in [3.05, 3.63) is 29.8 Å². The van der Waals surface area contributed by atoms with Gasteiger partial charge < -0.3 is 19.9 Å². The Balaban J connectivity index is 2.08. The van der Waals surface area contributed by atoms with Crippen LogP contribution < -0.4 is 10.1 Å². The molecule has 5 nitrogen and oxygen atoms in total. The lowest BCUT2D eigenvalue weighted by atomic mass is 10.2. The number of benzene rings is 1. The highest BCUT2D eigenvalue weighted by Crippen LogP contribution is 2.12. The van der Waals surface area contributed by atoms with Crippen molar-refractivity contribution in [3.63, 3.8) is 0 Å². The lowest BCUT2D eigenvalue weighted by molar-refractivity contribution is 0.106. The second kappa shape index (κ2) is 11.1. The van der Waals surface area contributed by atoms with Crippen LogP contribution in [0.5, 0.6) is 5.75 Å². The summed E-state index contributed by atoms with van der Waals surface area (Å²) in [6.07, 6.45) is 2.70. The maximum Gasteiger partial charge on any atom is 0.120 e. The Bertz CT molecular complexity index is 432. The third-order valence-electron chi connectivity index (χ3n) is 2.99. The third-order valence-corrected chi connectivity index (χ3v) is 2.99. The van der Waals surface area contributed by atoms with Crippen LogP contribution in [0, 0.1) is 11.3 Å². The lowest BCUT2D eigenvalue weighted by Gasteiger charge is -2.13. The van der Waals surface area contributed by atoms with Crippen molar-refractivity contribution in [2.75, 3.05) is 33.4 Å². The van der Waals surface area contributed by atoms with Gasteiger partial charge in [0.1, 0.15) is 18.5 Å². The summed E-state index contributed by atoms with van der Waals surface area (Å²) >= 11 is 0. The van der Waals surface area contributed by atoms with E-state index in [0.29, 0.717) is 17.9 Å². The van der Waals surface area contributed by atoms with Gasteiger partial charge in [-0.2, -0.15) is 5.26 Å². The van der Waals surface area contributed by atoms with Gasteiger partial charge in [-0.3, -0.25) is 0 Å². The van der Waals surface area contributed by atoms with E-state index in [4.69, 9.17) is 14.7 Å². The molecule has 0 saturated carbocycles. The Morgan fingerprint density at radius 1 is 1.33 bits per heavy atom. The van der Waals surface area contributed by atoms with Crippen LogP contribution in [-0.2, 0) is 4.74 Å². The molecule has 1 unspecified atom stereocenters. The average molecular weight is 292 g/mol. The molecule has 0 heterocycles. The highest BCUT2D eigenvalue weighted by Gasteiger charge is 2.05. The quantitative estimate of drug-likeness (QED) is 0.607. The second-order valence-corrected chi connectivity index (χ2v) is 4.86. The first-order chi connectivity index (χ1) is 10.3. The molecule has 0 aliphatic rings. The number of nitrogens with zero attached hydrogens (tertiary/aromatic N) is 1. The number of methoxy groups -OCH3 is 1. The SMILES string of the molecule is COCCCCCNCC(O)COc1cccc(C#N)c1. The first-order valence-corrected chi connectivity index (χ1v) is 7.27. The van der Waals surface area contributed by atoms with Gasteiger partial charge in [-0.1, -0.05) is 6.07 Å². The van der Waals surface area contributed by atoms with Gasteiger partial charge in [0.25, 0.3) is 0 Å². The van der Waals surface area contributed by atoms with E-state index < -0.39 is 6.10 Å². The van der Waals surface area contributed by atoms with E-state index in [1.807, 2.05) is 0 Å². The average Bonchev–Trinajstić information content (AvgIpc) is 2.52. The molecular weight excluding hydrogens is 268 g/mol. The van der Waals surface area contributed by atoms with E-state index in [2.05, 4.69) is 11.4 Å². The summed E-state index contributed by atoms with van der Waals surface area (Å²) in [4.78, 5) is 0. The summed E-state index contributed by atoms with van der Waals surface area (Å²) in [6.45, 7) is 2.40. The predicted molar refractivity (Wildman–Crippen MR) is 81.3 cm³/mol. The molecule has 0 aliphatic carbocycles. The first-order valence-electron chi connectivity index (χ1n) is 7.27. The molecule has 5 heteroatoms. The zero-order valence-electron chi connectivity index (χ0n) is 12.5. The summed E-state index contributed by atoms with van der Waals surface area (Å²) in [5.74, 6) is 0.604. The molecule has 0 aliphatic heterocycles. The molecule has 21 heavy (non-hydrogen) atoms. The molecule has 0 bridgehead atoms. The fraction of sp³-hybridized carbons (Fsp3) is 0.562. The lowest BCUT2D eigenvalue weighted by Crippen LogP contribution is -2.32. The Morgan fingerprint density at radius 2 is 2.19 bits per heavy atom. The predicted octanol–water partition coefficient (Wildman–Crippen LogP) is 1.70. The molecule has 0 spiro atoms. The van der Waals surface area contributed by atoms with Crippen LogP contribution in [0.2, 0.25) is 0 Å². The smallest absolute Gasteiger partial charge is 0.120 e. The van der Waals surface area contributed by atoms with Crippen molar-refractivity contribution < 1.29 is 14.6 Å². The molecular formula is C16H24N2O3. The number of hydrogen-bond donors (Lipinski definition) is 2. The monoisotopic (exact) mass is 292 g/mol. The van der Waals surface area contributed by atoms with E-state index >= 15 is 0 Å². The Morgan fingerprint density at radius 3 is 2.95 bits per heavy atom. The van der Waals surface area contributed by atoms with Crippen LogP contribution in [-0.4, -0.2) is 44.6 Å². The zero-order valence-corrected chi connectivity index (χ0v) is 12.5. The van der Waals surface area contributed by atoms with Crippen molar-refractivity contribution in [3.8, 4) is 11.8 Å². The minimum Gasteiger partial charge on any atom is -0.491 e. The molecule has 0 radical (unpaired) electrons. The van der Waals surface area contributed by atoms with E-state index in [9.17, 15) is 5.11 Å². The summed E-state index contributed by atoms with van der Waals surface area (Å²) < 4.78 is 10.4. The van der Waals surface area contributed by atoms with Crippen molar-refractivity contribution >= 4 is 0 Å². The molecule has 1 aromatic carbocycles. The Hall–Kier alpha value is -1.61.